The molecule has 0 fully saturated rings. The van der Waals surface area contributed by atoms with Gasteiger partial charge in [0.25, 0.3) is 0 Å². The van der Waals surface area contributed by atoms with Crippen LogP contribution < -0.4 is 5.63 Å². The van der Waals surface area contributed by atoms with Crippen molar-refractivity contribution in [3.05, 3.63) is 22.2 Å². The monoisotopic (exact) mass is 99.0 g/mol. The van der Waals surface area contributed by atoms with E-state index in [1.165, 1.54) is 6.20 Å². The quantitative estimate of drug-likeness (QED) is 0.507. The van der Waals surface area contributed by atoms with Crippen LogP contribution in [0, 0.1) is 6.92 Å². The highest BCUT2D eigenvalue weighted by Crippen LogP contribution is 1.78. The lowest BCUT2D eigenvalue weighted by Crippen LogP contribution is -1.93. The molecule has 0 atom stereocenters. The number of rotatable bonds is 0. The van der Waals surface area contributed by atoms with Gasteiger partial charge in [0, 0.05) is 6.20 Å². The molecule has 1 aromatic heterocycles. The molecule has 0 aliphatic carbocycles. The van der Waals surface area contributed by atoms with Crippen LogP contribution in [0.15, 0.2) is 15.5 Å². The molecule has 3 heteroatoms. The maximum atomic E-state index is 10.2. The van der Waals surface area contributed by atoms with Crippen molar-refractivity contribution in [2.24, 2.45) is 0 Å². The van der Waals surface area contributed by atoms with Crippen molar-refractivity contribution in [3.8, 4) is 0 Å². The highest BCUT2D eigenvalue weighted by atomic mass is 16.5. The molecular formula is C4H5NO2. The number of aromatic amines is 1. The third-order valence-corrected chi connectivity index (χ3v) is 0.749. The Kier molecular flexibility index (Phi) is 0.749. The fraction of sp³-hybridized carbons (Fsp3) is 0.250. The molecule has 1 N–H and O–H groups in total. The zero-order valence-electron chi connectivity index (χ0n) is 3.89. The minimum atomic E-state index is -0.292. The lowest BCUT2D eigenvalue weighted by molar-refractivity contribution is 0.390. The van der Waals surface area contributed by atoms with Crippen LogP contribution in [0.5, 0.6) is 0 Å². The van der Waals surface area contributed by atoms with Gasteiger partial charge in [0.15, 0.2) is 0 Å². The summed E-state index contributed by atoms with van der Waals surface area (Å²) in [5.74, 6) is 0. The van der Waals surface area contributed by atoms with Crippen LogP contribution in [0.3, 0.4) is 0 Å². The molecule has 0 saturated carbocycles. The predicted molar refractivity (Wildman–Crippen MR) is 24.1 cm³/mol. The van der Waals surface area contributed by atoms with Gasteiger partial charge < -0.3 is 4.52 Å². The van der Waals surface area contributed by atoms with Crippen molar-refractivity contribution in [1.29, 1.82) is 0 Å². The van der Waals surface area contributed by atoms with E-state index in [4.69, 9.17) is 0 Å². The number of aromatic nitrogens is 1. The predicted octanol–water partition coefficient (Wildman–Crippen LogP) is 0.276. The molecule has 0 aliphatic rings. The third-order valence-electron chi connectivity index (χ3n) is 0.749. The summed E-state index contributed by atoms with van der Waals surface area (Å²) < 4.78 is 4.28. The average molecular weight is 99.1 g/mol. The molecule has 0 amide bonds. The van der Waals surface area contributed by atoms with Crippen molar-refractivity contribution in [2.75, 3.05) is 0 Å². The molecule has 3 nitrogen and oxygen atoms in total. The summed E-state index contributed by atoms with van der Waals surface area (Å²) in [7, 11) is 0. The smallest absolute Gasteiger partial charge is 0.339 e. The van der Waals surface area contributed by atoms with Gasteiger partial charge in [-0.3, -0.25) is 0 Å². The van der Waals surface area contributed by atoms with E-state index in [-0.39, 0.29) is 5.63 Å². The van der Waals surface area contributed by atoms with E-state index < -0.39 is 0 Å². The SMILES string of the molecule is Cc1c[nH]oc1=O. The second-order valence-corrected chi connectivity index (χ2v) is 1.33. The van der Waals surface area contributed by atoms with Crippen LogP contribution in [0.25, 0.3) is 0 Å². The lowest BCUT2D eigenvalue weighted by atomic mass is 10.4. The van der Waals surface area contributed by atoms with Gasteiger partial charge in [-0.05, 0) is 6.92 Å². The summed E-state index contributed by atoms with van der Waals surface area (Å²) in [5, 5.41) is 2.31. The summed E-state index contributed by atoms with van der Waals surface area (Å²) in [6, 6.07) is 0. The molecule has 0 aromatic carbocycles. The molecule has 38 valence electrons. The maximum Gasteiger partial charge on any atom is 0.360 e. The Balaban J connectivity index is 3.39. The molecule has 0 spiro atoms. The maximum absolute atomic E-state index is 10.2. The standard InChI is InChI=1S/C4H5NO2/c1-3-2-5-7-4(3)6/h2,5H,1H3. The minimum Gasteiger partial charge on any atom is -0.339 e. The third kappa shape index (κ3) is 0.559. The van der Waals surface area contributed by atoms with E-state index in [0.29, 0.717) is 5.56 Å². The zero-order valence-corrected chi connectivity index (χ0v) is 3.89. The van der Waals surface area contributed by atoms with Crippen LogP contribution in [0.4, 0.5) is 0 Å². The van der Waals surface area contributed by atoms with Crippen LogP contribution in [-0.2, 0) is 0 Å². The number of H-pyrrole nitrogens is 1. The van der Waals surface area contributed by atoms with Crippen molar-refractivity contribution >= 4 is 0 Å². The van der Waals surface area contributed by atoms with E-state index in [1.54, 1.807) is 6.92 Å². The first-order valence-corrected chi connectivity index (χ1v) is 1.94. The van der Waals surface area contributed by atoms with E-state index in [0.717, 1.165) is 0 Å². The van der Waals surface area contributed by atoms with Crippen molar-refractivity contribution in [3.63, 3.8) is 0 Å². The zero-order chi connectivity index (χ0) is 5.28. The molecule has 0 radical (unpaired) electrons. The molecule has 1 heterocycles. The second kappa shape index (κ2) is 1.26. The van der Waals surface area contributed by atoms with E-state index in [1.807, 2.05) is 0 Å². The summed E-state index contributed by atoms with van der Waals surface area (Å²) in [4.78, 5) is 10.2. The molecule has 7 heavy (non-hydrogen) atoms. The first-order valence-electron chi connectivity index (χ1n) is 1.94. The summed E-state index contributed by atoms with van der Waals surface area (Å²) in [6.45, 7) is 1.68. The lowest BCUT2D eigenvalue weighted by Gasteiger charge is -1.60. The average Bonchev–Trinajstić information content (AvgIpc) is 1.91. The topological polar surface area (TPSA) is 46.0 Å². The Hall–Kier alpha value is -0.990. The summed E-state index contributed by atoms with van der Waals surface area (Å²) >= 11 is 0. The van der Waals surface area contributed by atoms with Gasteiger partial charge in [0.1, 0.15) is 0 Å². The normalized spacial score (nSPS) is 9.29. The second-order valence-electron chi connectivity index (χ2n) is 1.33. The Bertz CT molecular complexity index is 197. The number of hydrogen-bond donors (Lipinski definition) is 1. The van der Waals surface area contributed by atoms with E-state index in [9.17, 15) is 4.79 Å². The number of aryl methyl sites for hydroxylation is 1. The Morgan fingerprint density at radius 2 is 2.57 bits per heavy atom. The van der Waals surface area contributed by atoms with Crippen LogP contribution in [0.2, 0.25) is 0 Å². The van der Waals surface area contributed by atoms with Crippen molar-refractivity contribution < 1.29 is 4.52 Å². The van der Waals surface area contributed by atoms with E-state index >= 15 is 0 Å². The molecule has 0 aliphatic heterocycles. The highest BCUT2D eigenvalue weighted by molar-refractivity contribution is 4.95. The fourth-order valence-electron chi connectivity index (χ4n) is 0.311. The first-order chi connectivity index (χ1) is 3.30. The van der Waals surface area contributed by atoms with E-state index in [2.05, 4.69) is 9.68 Å². The van der Waals surface area contributed by atoms with Crippen LogP contribution >= 0.6 is 0 Å². The molecule has 0 saturated heterocycles. The van der Waals surface area contributed by atoms with Gasteiger partial charge in [-0.1, -0.05) is 0 Å². The minimum absolute atomic E-state index is 0.292. The Morgan fingerprint density at radius 3 is 2.71 bits per heavy atom. The van der Waals surface area contributed by atoms with Gasteiger partial charge in [0.05, 0.1) is 5.56 Å². The molecule has 1 aromatic rings. The highest BCUT2D eigenvalue weighted by Gasteiger charge is 1.89. The molecular weight excluding hydrogens is 94.0 g/mol. The van der Waals surface area contributed by atoms with Gasteiger partial charge in [-0.25, -0.2) is 9.95 Å². The fourth-order valence-corrected chi connectivity index (χ4v) is 0.311. The number of hydrogen-bond acceptors (Lipinski definition) is 2. The number of nitrogens with one attached hydrogen (secondary N) is 1. The Morgan fingerprint density at radius 1 is 1.86 bits per heavy atom. The molecule has 0 bridgehead atoms. The van der Waals surface area contributed by atoms with Crippen LogP contribution in [-0.4, -0.2) is 5.16 Å². The van der Waals surface area contributed by atoms with Crippen LogP contribution in [0.1, 0.15) is 5.56 Å². The van der Waals surface area contributed by atoms with Gasteiger partial charge in [0.2, 0.25) is 0 Å². The molecule has 0 unspecified atom stereocenters. The summed E-state index contributed by atoms with van der Waals surface area (Å²) in [5.41, 5.74) is 0.319. The first kappa shape index (κ1) is 4.18. The van der Waals surface area contributed by atoms with Gasteiger partial charge in [-0.2, -0.15) is 0 Å². The molecule has 1 rings (SSSR count). The van der Waals surface area contributed by atoms with Crippen molar-refractivity contribution in [2.45, 2.75) is 6.92 Å². The Labute approximate surface area is 39.9 Å². The van der Waals surface area contributed by atoms with Crippen molar-refractivity contribution in [1.82, 2.24) is 5.16 Å². The summed E-state index contributed by atoms with van der Waals surface area (Å²) in [6.07, 6.45) is 1.52. The van der Waals surface area contributed by atoms with Gasteiger partial charge >= 0.3 is 5.63 Å². The van der Waals surface area contributed by atoms with Gasteiger partial charge in [-0.15, -0.1) is 0 Å². The largest absolute Gasteiger partial charge is 0.360 e.